The Morgan fingerprint density at radius 1 is 0.500 bits per heavy atom. The minimum Gasteiger partial charge on any atom is -0.0654 e. The van der Waals surface area contributed by atoms with Gasteiger partial charge in [-0.25, -0.2) is 0 Å². The van der Waals surface area contributed by atoms with Gasteiger partial charge in [0.25, 0.3) is 0 Å². The highest BCUT2D eigenvalue weighted by molar-refractivity contribution is 7.56. The molecule has 3 heteroatoms. The molecule has 0 aliphatic carbocycles. The number of rotatable bonds is 5. The normalized spacial score (nSPS) is 15.8. The van der Waals surface area contributed by atoms with Gasteiger partial charge in [-0.3, -0.25) is 0 Å². The molecule has 0 spiro atoms. The fourth-order valence-corrected chi connectivity index (χ4v) is 51.8. The van der Waals surface area contributed by atoms with Crippen LogP contribution in [0.15, 0.2) is 0 Å². The third-order valence-corrected chi connectivity index (χ3v) is 41.6. The summed E-state index contributed by atoms with van der Waals surface area (Å²) in [6, 6.07) is 0. The van der Waals surface area contributed by atoms with Crippen LogP contribution in [0.2, 0.25) is 31.7 Å². The lowest BCUT2D eigenvalue weighted by Crippen LogP contribution is -2.72. The van der Waals surface area contributed by atoms with Gasteiger partial charge in [-0.05, 0) is 15.1 Å². The van der Waals surface area contributed by atoms with Crippen LogP contribution in [-0.4, -0.2) is 23.7 Å². The van der Waals surface area contributed by atoms with Gasteiger partial charge in [-0.1, -0.05) is 120 Å². The van der Waals surface area contributed by atoms with Gasteiger partial charge in [0, 0.05) is 16.1 Å². The predicted octanol–water partition coefficient (Wildman–Crippen LogP) is 8.21. The van der Waals surface area contributed by atoms with E-state index >= 15 is 0 Å². The van der Waals surface area contributed by atoms with Crippen LogP contribution in [0.3, 0.4) is 0 Å². The van der Waals surface area contributed by atoms with Crippen molar-refractivity contribution in [3.63, 3.8) is 0 Å². The van der Waals surface area contributed by atoms with Crippen molar-refractivity contribution in [1.82, 2.24) is 0 Å². The van der Waals surface area contributed by atoms with Crippen molar-refractivity contribution < 1.29 is 0 Å². The van der Waals surface area contributed by atoms with E-state index in [1.165, 1.54) is 8.55 Å². The summed E-state index contributed by atoms with van der Waals surface area (Å²) in [7, 11) is -1.81. The van der Waals surface area contributed by atoms with E-state index < -0.39 is 15.2 Å². The maximum Gasteiger partial charge on any atom is 0.0549 e. The molecule has 0 fully saturated rings. The zero-order chi connectivity index (χ0) is 19.9. The zero-order valence-electron chi connectivity index (χ0n) is 19.7. The molecule has 0 aromatic carbocycles. The standard InChI is InChI=1S/C21H48Si3/c1-16(2)23(17(3)4,18(5)6)22-24(19(7,8)9,20(10,11)12)21(13,14)15/h16-18H,1-15H3. The highest BCUT2D eigenvalue weighted by atomic mass is 29.6. The molecule has 0 nitrogen and oxygen atoms in total. The van der Waals surface area contributed by atoms with E-state index in [9.17, 15) is 0 Å². The molecule has 0 saturated heterocycles. The summed E-state index contributed by atoms with van der Waals surface area (Å²) in [5.41, 5.74) is 2.61. The quantitative estimate of drug-likeness (QED) is 0.419. The molecular formula is C21H48Si3. The minimum atomic E-state index is -1.63. The van der Waals surface area contributed by atoms with Crippen LogP contribution in [0.5, 0.6) is 0 Å². The molecule has 144 valence electrons. The van der Waals surface area contributed by atoms with Crippen LogP contribution in [0.1, 0.15) is 104 Å². The van der Waals surface area contributed by atoms with Gasteiger partial charge in [0.1, 0.15) is 0 Å². The second kappa shape index (κ2) is 7.34. The largest absolute Gasteiger partial charge is 0.0654 e. The third-order valence-electron chi connectivity index (χ3n) is 6.65. The number of hydrogen-bond acceptors (Lipinski definition) is 0. The smallest absolute Gasteiger partial charge is 0.0549 e. The Kier molecular flexibility index (Phi) is 7.54. The highest BCUT2D eigenvalue weighted by Crippen LogP contribution is 2.63. The van der Waals surface area contributed by atoms with Gasteiger partial charge in [-0.15, -0.1) is 0 Å². The van der Waals surface area contributed by atoms with E-state index in [0.717, 1.165) is 16.6 Å². The Balaban J connectivity index is 6.81. The fraction of sp³-hybridized carbons (Fsp3) is 1.00. The van der Waals surface area contributed by atoms with Crippen LogP contribution in [0.4, 0.5) is 0 Å². The molecule has 24 heavy (non-hydrogen) atoms. The van der Waals surface area contributed by atoms with Crippen molar-refractivity contribution in [2.75, 3.05) is 0 Å². The summed E-state index contributed by atoms with van der Waals surface area (Å²) in [6.07, 6.45) is 0. The molecule has 2 radical (unpaired) electrons. The second-order valence-electron chi connectivity index (χ2n) is 12.0. The SMILES string of the molecule is CC(C)[Si]([Si][Si](C(C)(C)C)(C(C)(C)C)C(C)(C)C)(C(C)C)C(C)C. The van der Waals surface area contributed by atoms with Crippen molar-refractivity contribution in [2.24, 2.45) is 0 Å². The first-order valence-electron chi connectivity index (χ1n) is 10.1. The second-order valence-corrected chi connectivity index (χ2v) is 31.5. The van der Waals surface area contributed by atoms with Gasteiger partial charge in [-0.2, -0.15) is 0 Å². The molecule has 0 rings (SSSR count). The Morgan fingerprint density at radius 2 is 0.708 bits per heavy atom. The maximum atomic E-state index is 2.57. The molecule has 0 bridgehead atoms. The summed E-state index contributed by atoms with van der Waals surface area (Å²) in [5, 5.41) is 1.29. The van der Waals surface area contributed by atoms with Crippen LogP contribution < -0.4 is 0 Å². The lowest BCUT2D eigenvalue weighted by atomic mass is 10.2. The van der Waals surface area contributed by atoms with E-state index in [1.807, 2.05) is 0 Å². The Labute approximate surface area is 159 Å². The third kappa shape index (κ3) is 3.98. The monoisotopic (exact) mass is 384 g/mol. The summed E-state index contributed by atoms with van der Waals surface area (Å²) in [6.45, 7) is 38.4. The molecule has 0 unspecified atom stereocenters. The predicted molar refractivity (Wildman–Crippen MR) is 122 cm³/mol. The van der Waals surface area contributed by atoms with Crippen molar-refractivity contribution in [2.45, 2.75) is 136 Å². The van der Waals surface area contributed by atoms with E-state index in [1.54, 1.807) is 0 Å². The van der Waals surface area contributed by atoms with Crippen LogP contribution >= 0.6 is 0 Å². The van der Waals surface area contributed by atoms with Crippen molar-refractivity contribution >= 4 is 23.7 Å². The average Bonchev–Trinajstić information content (AvgIpc) is 2.22. The first-order chi connectivity index (χ1) is 10.3. The molecule has 0 saturated carbocycles. The average molecular weight is 385 g/mol. The zero-order valence-corrected chi connectivity index (χ0v) is 22.7. The molecule has 0 N–H and O–H groups in total. The highest BCUT2D eigenvalue weighted by Gasteiger charge is 2.63. The first-order valence-corrected chi connectivity index (χ1v) is 17.3. The topological polar surface area (TPSA) is 0 Å². The van der Waals surface area contributed by atoms with E-state index in [4.69, 9.17) is 0 Å². The van der Waals surface area contributed by atoms with E-state index in [2.05, 4.69) is 104 Å². The summed E-state index contributed by atoms with van der Waals surface area (Å²) < 4.78 is 0. The lowest BCUT2D eigenvalue weighted by molar-refractivity contribution is 0.555. The van der Waals surface area contributed by atoms with Crippen LogP contribution in [0, 0.1) is 0 Å². The van der Waals surface area contributed by atoms with Crippen molar-refractivity contribution in [3.05, 3.63) is 0 Å². The molecule has 0 aliphatic heterocycles. The molecule has 0 aromatic heterocycles. The first kappa shape index (κ1) is 24.7. The van der Waals surface area contributed by atoms with Crippen molar-refractivity contribution in [3.8, 4) is 0 Å². The molecule has 0 heterocycles. The minimum absolute atomic E-state index is 0.429. The summed E-state index contributed by atoms with van der Waals surface area (Å²) in [5.74, 6) is 0. The van der Waals surface area contributed by atoms with E-state index in [-0.39, 0.29) is 0 Å². The van der Waals surface area contributed by atoms with E-state index in [0.29, 0.717) is 15.1 Å². The van der Waals surface area contributed by atoms with Gasteiger partial charge in [0.2, 0.25) is 0 Å². The fourth-order valence-electron chi connectivity index (χ4n) is 6.70. The lowest BCUT2D eigenvalue weighted by Gasteiger charge is -2.64. The molecule has 0 aliphatic rings. The van der Waals surface area contributed by atoms with Crippen LogP contribution in [0.25, 0.3) is 0 Å². The van der Waals surface area contributed by atoms with Gasteiger partial charge >= 0.3 is 0 Å². The summed E-state index contributed by atoms with van der Waals surface area (Å²) in [4.78, 5) is 0. The molecule has 0 atom stereocenters. The van der Waals surface area contributed by atoms with Crippen LogP contribution in [-0.2, 0) is 0 Å². The Morgan fingerprint density at radius 3 is 0.833 bits per heavy atom. The Hall–Kier alpha value is 0.651. The van der Waals surface area contributed by atoms with Gasteiger partial charge < -0.3 is 0 Å². The van der Waals surface area contributed by atoms with Crippen molar-refractivity contribution in [1.29, 1.82) is 0 Å². The number of hydrogen-bond donors (Lipinski definition) is 0. The summed E-state index contributed by atoms with van der Waals surface area (Å²) >= 11 is 0. The Bertz CT molecular complexity index is 342. The molecule has 0 aromatic rings. The molecule has 0 amide bonds. The van der Waals surface area contributed by atoms with Gasteiger partial charge in [0.15, 0.2) is 0 Å². The maximum absolute atomic E-state index is 2.57. The molecular weight excluding hydrogens is 336 g/mol. The van der Waals surface area contributed by atoms with Gasteiger partial charge in [0.05, 0.1) is 7.59 Å².